The number of primary amides is 1. The van der Waals surface area contributed by atoms with Crippen LogP contribution in [0, 0.1) is 5.82 Å². The van der Waals surface area contributed by atoms with Gasteiger partial charge in [0, 0.05) is 11.4 Å². The summed E-state index contributed by atoms with van der Waals surface area (Å²) < 4.78 is 12.9. The zero-order valence-corrected chi connectivity index (χ0v) is 17.5. The lowest BCUT2D eigenvalue weighted by Gasteiger charge is -2.20. The first-order chi connectivity index (χ1) is 14.4. The number of amides is 3. The zero-order valence-electron chi connectivity index (χ0n) is 16.7. The molecule has 2 aromatic carbocycles. The molecule has 0 aliphatic carbocycles. The fraction of sp³-hybridized carbons (Fsp3) is 0.286. The number of rotatable bonds is 11. The average molecular weight is 433 g/mol. The van der Waals surface area contributed by atoms with E-state index in [2.05, 4.69) is 10.6 Å². The summed E-state index contributed by atoms with van der Waals surface area (Å²) in [7, 11) is 0. The van der Waals surface area contributed by atoms with Gasteiger partial charge in [-0.25, -0.2) is 4.39 Å². The molecule has 0 saturated carbocycles. The van der Waals surface area contributed by atoms with E-state index in [1.807, 2.05) is 13.0 Å². The Morgan fingerprint density at radius 2 is 1.70 bits per heavy atom. The van der Waals surface area contributed by atoms with E-state index in [1.165, 1.54) is 23.9 Å². The summed E-state index contributed by atoms with van der Waals surface area (Å²) in [4.78, 5) is 38.1. The van der Waals surface area contributed by atoms with Crippen molar-refractivity contribution >= 4 is 35.2 Å². The molecule has 2 aromatic rings. The average Bonchev–Trinajstić information content (AvgIpc) is 2.72. The molecule has 160 valence electrons. The van der Waals surface area contributed by atoms with Crippen LogP contribution in [0.2, 0.25) is 0 Å². The maximum absolute atomic E-state index is 12.9. The first kappa shape index (κ1) is 23.4. The second-order valence-electron chi connectivity index (χ2n) is 6.51. The molecule has 0 atom stereocenters. The van der Waals surface area contributed by atoms with E-state index in [0.717, 1.165) is 10.5 Å². The minimum absolute atomic E-state index is 0.0370. The summed E-state index contributed by atoms with van der Waals surface area (Å²) in [5.74, 6) is -1.16. The second-order valence-corrected chi connectivity index (χ2v) is 7.52. The maximum Gasteiger partial charge on any atom is 0.238 e. The van der Waals surface area contributed by atoms with Gasteiger partial charge in [0.2, 0.25) is 17.7 Å². The predicted molar refractivity (Wildman–Crippen MR) is 115 cm³/mol. The molecule has 0 aliphatic rings. The van der Waals surface area contributed by atoms with Gasteiger partial charge in [0.05, 0.1) is 24.5 Å². The number of carbonyl (C=O) groups is 3. The normalized spacial score (nSPS) is 10.6. The number of likely N-dealkylation sites (N-methyl/N-ethyl adjacent to an activating group) is 1. The molecular weight excluding hydrogens is 407 g/mol. The summed E-state index contributed by atoms with van der Waals surface area (Å²) in [5.41, 5.74) is 6.56. The number of carbonyl (C=O) groups excluding carboxylic acids is 3. The largest absolute Gasteiger partial charge is 0.369 e. The molecule has 30 heavy (non-hydrogen) atoms. The van der Waals surface area contributed by atoms with Crippen molar-refractivity contribution in [3.05, 3.63) is 59.9 Å². The number of nitrogens with two attached hydrogens (primary N) is 1. The second kappa shape index (κ2) is 11.9. The number of nitrogens with one attached hydrogen (secondary N) is 2. The van der Waals surface area contributed by atoms with Gasteiger partial charge in [0.25, 0.3) is 0 Å². The van der Waals surface area contributed by atoms with Gasteiger partial charge in [0.15, 0.2) is 0 Å². The Bertz CT molecular complexity index is 877. The van der Waals surface area contributed by atoms with E-state index in [4.69, 9.17) is 5.73 Å². The van der Waals surface area contributed by atoms with Crippen LogP contribution >= 0.6 is 11.8 Å². The highest BCUT2D eigenvalue weighted by Gasteiger charge is 2.14. The van der Waals surface area contributed by atoms with Gasteiger partial charge in [-0.1, -0.05) is 31.2 Å². The summed E-state index contributed by atoms with van der Waals surface area (Å²) in [5, 5.41) is 5.58. The van der Waals surface area contributed by atoms with E-state index in [9.17, 15) is 18.8 Å². The Labute approximate surface area is 179 Å². The number of nitrogens with zero attached hydrogens (tertiary/aromatic N) is 1. The van der Waals surface area contributed by atoms with E-state index >= 15 is 0 Å². The number of para-hydroxylation sites is 1. The Kier molecular flexibility index (Phi) is 9.30. The van der Waals surface area contributed by atoms with Crippen LogP contribution in [0.1, 0.15) is 12.5 Å². The van der Waals surface area contributed by atoms with Crippen molar-refractivity contribution in [1.29, 1.82) is 0 Å². The quantitative estimate of drug-likeness (QED) is 0.471. The van der Waals surface area contributed by atoms with Crippen molar-refractivity contribution in [3.63, 3.8) is 0 Å². The molecular formula is C21H25FN4O3S. The molecule has 9 heteroatoms. The van der Waals surface area contributed by atoms with Crippen LogP contribution < -0.4 is 16.4 Å². The Morgan fingerprint density at radius 1 is 1.03 bits per heavy atom. The Morgan fingerprint density at radius 3 is 2.37 bits per heavy atom. The van der Waals surface area contributed by atoms with Crippen molar-refractivity contribution in [3.8, 4) is 0 Å². The third-order valence-electron chi connectivity index (χ3n) is 4.12. The molecule has 0 heterocycles. The molecule has 0 aromatic heterocycles. The lowest BCUT2D eigenvalue weighted by Crippen LogP contribution is -2.40. The molecule has 0 unspecified atom stereocenters. The maximum atomic E-state index is 12.9. The van der Waals surface area contributed by atoms with Crippen LogP contribution in [-0.2, 0) is 20.9 Å². The highest BCUT2D eigenvalue weighted by molar-refractivity contribution is 8.00. The van der Waals surface area contributed by atoms with E-state index in [1.54, 1.807) is 35.2 Å². The Hall–Kier alpha value is -2.91. The summed E-state index contributed by atoms with van der Waals surface area (Å²) in [6, 6.07) is 13.0. The molecule has 0 aliphatic heterocycles. The van der Waals surface area contributed by atoms with Crippen molar-refractivity contribution in [2.24, 2.45) is 5.73 Å². The summed E-state index contributed by atoms with van der Waals surface area (Å²) in [6.07, 6.45) is 0. The van der Waals surface area contributed by atoms with Crippen molar-refractivity contribution in [2.45, 2.75) is 18.4 Å². The number of halogens is 1. The minimum Gasteiger partial charge on any atom is -0.369 e. The number of anilines is 1. The van der Waals surface area contributed by atoms with Crippen LogP contribution in [0.4, 0.5) is 10.1 Å². The Balaban J connectivity index is 1.84. The van der Waals surface area contributed by atoms with Gasteiger partial charge in [-0.15, -0.1) is 11.8 Å². The minimum atomic E-state index is -0.440. The predicted octanol–water partition coefficient (Wildman–Crippen LogP) is 1.98. The van der Waals surface area contributed by atoms with E-state index < -0.39 is 5.91 Å². The van der Waals surface area contributed by atoms with Gasteiger partial charge in [-0.3, -0.25) is 19.3 Å². The molecule has 7 nitrogen and oxygen atoms in total. The topological polar surface area (TPSA) is 105 Å². The molecule has 2 rings (SSSR count). The van der Waals surface area contributed by atoms with Crippen LogP contribution in [-0.4, -0.2) is 48.0 Å². The van der Waals surface area contributed by atoms with Crippen LogP contribution in [0.25, 0.3) is 0 Å². The number of hydrogen-bond donors (Lipinski definition) is 3. The molecule has 0 radical (unpaired) electrons. The van der Waals surface area contributed by atoms with Crippen molar-refractivity contribution in [2.75, 3.05) is 30.7 Å². The van der Waals surface area contributed by atoms with Crippen LogP contribution in [0.15, 0.2) is 53.4 Å². The highest BCUT2D eigenvalue weighted by atomic mass is 32.2. The summed E-state index contributed by atoms with van der Waals surface area (Å²) >= 11 is 1.25. The molecule has 0 saturated heterocycles. The van der Waals surface area contributed by atoms with Gasteiger partial charge < -0.3 is 16.4 Å². The lowest BCUT2D eigenvalue weighted by molar-refractivity contribution is -0.123. The summed E-state index contributed by atoms with van der Waals surface area (Å²) in [6.45, 7) is 2.75. The number of thioether (sulfide) groups is 1. The van der Waals surface area contributed by atoms with Gasteiger partial charge in [-0.2, -0.15) is 0 Å². The van der Waals surface area contributed by atoms with E-state index in [0.29, 0.717) is 12.2 Å². The number of benzene rings is 2. The van der Waals surface area contributed by atoms with E-state index in [-0.39, 0.29) is 43.0 Å². The lowest BCUT2D eigenvalue weighted by atomic mass is 10.2. The van der Waals surface area contributed by atoms with Crippen molar-refractivity contribution < 1.29 is 18.8 Å². The fourth-order valence-electron chi connectivity index (χ4n) is 2.58. The zero-order chi connectivity index (χ0) is 21.9. The fourth-order valence-corrected chi connectivity index (χ4v) is 3.33. The highest BCUT2D eigenvalue weighted by Crippen LogP contribution is 2.26. The van der Waals surface area contributed by atoms with Crippen molar-refractivity contribution in [1.82, 2.24) is 10.2 Å². The van der Waals surface area contributed by atoms with Gasteiger partial charge >= 0.3 is 0 Å². The van der Waals surface area contributed by atoms with Gasteiger partial charge in [-0.05, 0) is 36.4 Å². The third-order valence-corrected chi connectivity index (χ3v) is 5.21. The standard InChI is InChI=1S/C21H25FN4O3S/c1-2-26(12-20(28)24-11-15-7-9-16(22)10-8-15)13-21(29)25-17-5-3-4-6-18(17)30-14-19(23)27/h3-10H,2,11-14H2,1H3,(H2,23,27)(H,24,28)(H,25,29). The molecule has 0 fully saturated rings. The molecule has 4 N–H and O–H groups in total. The smallest absolute Gasteiger partial charge is 0.238 e. The van der Waals surface area contributed by atoms with Crippen LogP contribution in [0.3, 0.4) is 0 Å². The SMILES string of the molecule is CCN(CC(=O)NCc1ccc(F)cc1)CC(=O)Nc1ccccc1SCC(N)=O. The first-order valence-electron chi connectivity index (χ1n) is 9.41. The molecule has 0 spiro atoms. The monoisotopic (exact) mass is 432 g/mol. The molecule has 0 bridgehead atoms. The first-order valence-corrected chi connectivity index (χ1v) is 10.4. The third kappa shape index (κ3) is 8.22. The molecule has 3 amide bonds. The van der Waals surface area contributed by atoms with Gasteiger partial charge in [0.1, 0.15) is 5.82 Å². The number of hydrogen-bond acceptors (Lipinski definition) is 5. The van der Waals surface area contributed by atoms with Crippen LogP contribution in [0.5, 0.6) is 0 Å².